The van der Waals surface area contributed by atoms with E-state index >= 15 is 0 Å². The summed E-state index contributed by atoms with van der Waals surface area (Å²) in [5, 5.41) is 0. The zero-order valence-electron chi connectivity index (χ0n) is 18.0. The quantitative estimate of drug-likeness (QED) is 0.639. The third-order valence-corrected chi connectivity index (χ3v) is 9.98. The molecule has 7 atom stereocenters. The molecule has 1 heterocycles. The van der Waals surface area contributed by atoms with Gasteiger partial charge in [0.2, 0.25) is 0 Å². The van der Waals surface area contributed by atoms with E-state index in [4.69, 9.17) is 9.47 Å². The van der Waals surface area contributed by atoms with Gasteiger partial charge in [0.05, 0.1) is 13.2 Å². The van der Waals surface area contributed by atoms with Crippen LogP contribution in [-0.4, -0.2) is 25.3 Å². The van der Waals surface area contributed by atoms with Crippen molar-refractivity contribution in [2.75, 3.05) is 13.2 Å². The first-order chi connectivity index (χ1) is 13.5. The first-order valence-corrected chi connectivity index (χ1v) is 11.9. The number of carbonyl (C=O) groups excluding carboxylic acids is 1. The van der Waals surface area contributed by atoms with Crippen molar-refractivity contribution in [1.29, 1.82) is 0 Å². The monoisotopic (exact) mass is 386 g/mol. The van der Waals surface area contributed by atoms with E-state index in [1.165, 1.54) is 44.1 Å². The van der Waals surface area contributed by atoms with Crippen LogP contribution < -0.4 is 0 Å². The summed E-state index contributed by atoms with van der Waals surface area (Å²) in [6, 6.07) is 0. The predicted octanol–water partition coefficient (Wildman–Crippen LogP) is 5.53. The fourth-order valence-corrected chi connectivity index (χ4v) is 8.44. The minimum Gasteiger partial charge on any atom is -0.350 e. The molecule has 1 aliphatic heterocycles. The fourth-order valence-electron chi connectivity index (χ4n) is 8.44. The Bertz CT molecular complexity index is 663. The standard InChI is InChI=1S/C25H38O3/c1-4-16-13-19-20-6-5-17(14-23-27-11-12-28-23)24(20,2)10-8-21(19)25(3)9-7-18(26)15-22(16)25/h15-17,19-21,23H,4-14H2,1-3H3. The molecule has 4 aliphatic carbocycles. The van der Waals surface area contributed by atoms with E-state index in [9.17, 15) is 4.79 Å². The highest BCUT2D eigenvalue weighted by Gasteiger charge is 2.60. The molecule has 0 radical (unpaired) electrons. The molecule has 0 aromatic carbocycles. The van der Waals surface area contributed by atoms with Crippen LogP contribution in [0.15, 0.2) is 11.6 Å². The van der Waals surface area contributed by atoms with Crippen molar-refractivity contribution in [3.05, 3.63) is 11.6 Å². The number of carbonyl (C=O) groups is 1. The summed E-state index contributed by atoms with van der Waals surface area (Å²) in [6.07, 6.45) is 13.0. The van der Waals surface area contributed by atoms with Crippen LogP contribution in [0.2, 0.25) is 0 Å². The molecule has 3 heteroatoms. The van der Waals surface area contributed by atoms with Crippen molar-refractivity contribution in [2.24, 2.45) is 40.4 Å². The van der Waals surface area contributed by atoms with Gasteiger partial charge in [-0.3, -0.25) is 4.79 Å². The summed E-state index contributed by atoms with van der Waals surface area (Å²) in [5.74, 6) is 4.22. The Morgan fingerprint density at radius 3 is 2.61 bits per heavy atom. The Morgan fingerprint density at radius 2 is 1.86 bits per heavy atom. The van der Waals surface area contributed by atoms with Gasteiger partial charge in [0.25, 0.3) is 0 Å². The van der Waals surface area contributed by atoms with Gasteiger partial charge in [-0.15, -0.1) is 0 Å². The maximum atomic E-state index is 12.2. The Hall–Kier alpha value is -0.670. The molecule has 5 aliphatic rings. The lowest BCUT2D eigenvalue weighted by Crippen LogP contribution is -2.52. The normalized spacial score (nSPS) is 48.8. The zero-order chi connectivity index (χ0) is 19.5. The Kier molecular flexibility index (Phi) is 4.79. The predicted molar refractivity (Wildman–Crippen MR) is 110 cm³/mol. The molecule has 0 aromatic heterocycles. The van der Waals surface area contributed by atoms with E-state index in [1.54, 1.807) is 0 Å². The van der Waals surface area contributed by atoms with E-state index in [0.29, 0.717) is 17.1 Å². The largest absolute Gasteiger partial charge is 0.350 e. The maximum Gasteiger partial charge on any atom is 0.158 e. The van der Waals surface area contributed by atoms with Crippen LogP contribution in [0.1, 0.15) is 78.6 Å². The van der Waals surface area contributed by atoms with Crippen molar-refractivity contribution in [2.45, 2.75) is 84.8 Å². The van der Waals surface area contributed by atoms with E-state index in [0.717, 1.165) is 56.1 Å². The number of allylic oxidation sites excluding steroid dienone is 1. The number of ether oxygens (including phenoxy) is 2. The first kappa shape index (κ1) is 19.3. The lowest BCUT2D eigenvalue weighted by molar-refractivity contribution is -0.119. The van der Waals surface area contributed by atoms with Crippen molar-refractivity contribution in [3.8, 4) is 0 Å². The van der Waals surface area contributed by atoms with Gasteiger partial charge < -0.3 is 9.47 Å². The minimum atomic E-state index is 0.0458. The minimum absolute atomic E-state index is 0.0458. The summed E-state index contributed by atoms with van der Waals surface area (Å²) >= 11 is 0. The summed E-state index contributed by atoms with van der Waals surface area (Å²) in [4.78, 5) is 12.2. The third-order valence-electron chi connectivity index (χ3n) is 9.98. The van der Waals surface area contributed by atoms with Crippen LogP contribution in [0.5, 0.6) is 0 Å². The zero-order valence-corrected chi connectivity index (χ0v) is 18.0. The molecule has 0 bridgehead atoms. The van der Waals surface area contributed by atoms with Crippen LogP contribution in [-0.2, 0) is 14.3 Å². The lowest BCUT2D eigenvalue weighted by atomic mass is 9.45. The molecule has 0 aromatic rings. The topological polar surface area (TPSA) is 35.5 Å². The van der Waals surface area contributed by atoms with Crippen molar-refractivity contribution in [1.82, 2.24) is 0 Å². The van der Waals surface area contributed by atoms with Gasteiger partial charge in [-0.1, -0.05) is 26.3 Å². The molecule has 1 saturated heterocycles. The summed E-state index contributed by atoms with van der Waals surface area (Å²) in [6.45, 7) is 8.98. The van der Waals surface area contributed by atoms with E-state index in [2.05, 4.69) is 26.8 Å². The molecule has 0 N–H and O–H groups in total. The smallest absolute Gasteiger partial charge is 0.158 e. The number of hydrogen-bond acceptors (Lipinski definition) is 3. The SMILES string of the molecule is CCC1CC2C(CCC3(C)C(CC4OCCO4)CCC23)C2(C)CCC(=O)C=C12. The highest BCUT2D eigenvalue weighted by atomic mass is 16.7. The van der Waals surface area contributed by atoms with Crippen LogP contribution >= 0.6 is 0 Å². The highest BCUT2D eigenvalue weighted by molar-refractivity contribution is 5.91. The molecule has 5 rings (SSSR count). The van der Waals surface area contributed by atoms with Crippen molar-refractivity contribution in [3.63, 3.8) is 0 Å². The van der Waals surface area contributed by atoms with Gasteiger partial charge in [-0.25, -0.2) is 0 Å². The number of fused-ring (bicyclic) bond motifs is 5. The van der Waals surface area contributed by atoms with Gasteiger partial charge >= 0.3 is 0 Å². The molecular formula is C25H38O3. The summed E-state index contributed by atoms with van der Waals surface area (Å²) < 4.78 is 11.6. The average molecular weight is 387 g/mol. The van der Waals surface area contributed by atoms with Gasteiger partial charge in [-0.2, -0.15) is 0 Å². The third kappa shape index (κ3) is 2.79. The summed E-state index contributed by atoms with van der Waals surface area (Å²) in [5.41, 5.74) is 2.25. The molecule has 3 nitrogen and oxygen atoms in total. The van der Waals surface area contributed by atoms with Crippen LogP contribution in [0.3, 0.4) is 0 Å². The Balaban J connectivity index is 1.42. The second-order valence-corrected chi connectivity index (χ2v) is 10.9. The van der Waals surface area contributed by atoms with Gasteiger partial charge in [0.1, 0.15) is 0 Å². The number of hydrogen-bond donors (Lipinski definition) is 0. The number of ketones is 1. The molecule has 7 unspecified atom stereocenters. The number of rotatable bonds is 3. The maximum absolute atomic E-state index is 12.2. The second kappa shape index (κ2) is 6.94. The molecular weight excluding hydrogens is 348 g/mol. The van der Waals surface area contributed by atoms with Gasteiger partial charge in [-0.05, 0) is 91.4 Å². The molecule has 28 heavy (non-hydrogen) atoms. The molecule has 0 amide bonds. The first-order valence-electron chi connectivity index (χ1n) is 11.9. The Labute approximate surface area is 170 Å². The van der Waals surface area contributed by atoms with Crippen LogP contribution in [0.4, 0.5) is 0 Å². The van der Waals surface area contributed by atoms with Crippen LogP contribution in [0, 0.1) is 40.4 Å². The van der Waals surface area contributed by atoms with E-state index < -0.39 is 0 Å². The lowest BCUT2D eigenvalue weighted by Gasteiger charge is -2.60. The summed E-state index contributed by atoms with van der Waals surface area (Å²) in [7, 11) is 0. The van der Waals surface area contributed by atoms with Crippen LogP contribution in [0.25, 0.3) is 0 Å². The molecule has 3 saturated carbocycles. The highest BCUT2D eigenvalue weighted by Crippen LogP contribution is 2.68. The average Bonchev–Trinajstić information content (AvgIpc) is 3.30. The molecule has 0 spiro atoms. The van der Waals surface area contributed by atoms with Crippen molar-refractivity contribution >= 4 is 5.78 Å². The van der Waals surface area contributed by atoms with E-state index in [-0.39, 0.29) is 11.7 Å². The second-order valence-electron chi connectivity index (χ2n) is 10.9. The Morgan fingerprint density at radius 1 is 1.07 bits per heavy atom. The van der Waals surface area contributed by atoms with Gasteiger partial charge in [0.15, 0.2) is 12.1 Å². The fraction of sp³-hybridized carbons (Fsp3) is 0.880. The van der Waals surface area contributed by atoms with Gasteiger partial charge in [0, 0.05) is 12.8 Å². The van der Waals surface area contributed by atoms with Crippen molar-refractivity contribution < 1.29 is 14.3 Å². The molecule has 156 valence electrons. The molecule has 4 fully saturated rings. The van der Waals surface area contributed by atoms with E-state index in [1.807, 2.05) is 0 Å².